The molecular weight excluding hydrogens is 400 g/mol. The Labute approximate surface area is 182 Å². The number of benzene rings is 2. The number of ether oxygens (including phenoxy) is 1. The fraction of sp³-hybridized carbons (Fsp3) is 0.435. The van der Waals surface area contributed by atoms with E-state index in [9.17, 15) is 4.79 Å². The van der Waals surface area contributed by atoms with Gasteiger partial charge < -0.3 is 10.1 Å². The van der Waals surface area contributed by atoms with E-state index in [1.807, 2.05) is 36.4 Å². The van der Waals surface area contributed by atoms with Gasteiger partial charge in [0.15, 0.2) is 0 Å². The lowest BCUT2D eigenvalue weighted by Crippen LogP contribution is -2.41. The summed E-state index contributed by atoms with van der Waals surface area (Å²) in [6.07, 6.45) is 2.41. The van der Waals surface area contributed by atoms with Gasteiger partial charge in [-0.05, 0) is 61.3 Å². The van der Waals surface area contributed by atoms with Gasteiger partial charge >= 0.3 is 0 Å². The Hall–Kier alpha value is -2.12. The van der Waals surface area contributed by atoms with Gasteiger partial charge in [-0.2, -0.15) is 0 Å². The van der Waals surface area contributed by atoms with Gasteiger partial charge in [0, 0.05) is 18.1 Å². The molecule has 0 radical (unpaired) electrons. The SMILES string of the molecule is COc1ccc(C(CNC(=O)C2CNNC2c2ccc(Cl)cc2)N2CCCC2)cc1. The lowest BCUT2D eigenvalue weighted by atomic mass is 9.94. The number of methoxy groups -OCH3 is 1. The number of carbonyl (C=O) groups excluding carboxylic acids is 1. The van der Waals surface area contributed by atoms with Crippen LogP contribution in [0.2, 0.25) is 5.02 Å². The molecule has 3 N–H and O–H groups in total. The van der Waals surface area contributed by atoms with Crippen molar-refractivity contribution < 1.29 is 9.53 Å². The van der Waals surface area contributed by atoms with Crippen molar-refractivity contribution in [3.63, 3.8) is 0 Å². The molecule has 4 rings (SSSR count). The fourth-order valence-electron chi connectivity index (χ4n) is 4.39. The molecule has 3 atom stereocenters. The first-order chi connectivity index (χ1) is 14.7. The van der Waals surface area contributed by atoms with Crippen LogP contribution in [0, 0.1) is 5.92 Å². The summed E-state index contributed by atoms with van der Waals surface area (Å²) in [5, 5.41) is 3.92. The van der Waals surface area contributed by atoms with Crippen LogP contribution in [0.4, 0.5) is 0 Å². The Morgan fingerprint density at radius 2 is 1.87 bits per heavy atom. The average molecular weight is 429 g/mol. The lowest BCUT2D eigenvalue weighted by Gasteiger charge is -2.29. The number of nitrogens with one attached hydrogen (secondary N) is 3. The van der Waals surface area contributed by atoms with Crippen molar-refractivity contribution >= 4 is 17.5 Å². The zero-order valence-corrected chi connectivity index (χ0v) is 18.0. The van der Waals surface area contributed by atoms with E-state index in [2.05, 4.69) is 33.2 Å². The van der Waals surface area contributed by atoms with Crippen LogP contribution in [0.3, 0.4) is 0 Å². The third-order valence-corrected chi connectivity index (χ3v) is 6.35. The predicted molar refractivity (Wildman–Crippen MR) is 118 cm³/mol. The molecule has 0 spiro atoms. The predicted octanol–water partition coefficient (Wildman–Crippen LogP) is 3.07. The number of hydrogen-bond acceptors (Lipinski definition) is 5. The Kier molecular flexibility index (Phi) is 6.89. The summed E-state index contributed by atoms with van der Waals surface area (Å²) in [6.45, 7) is 3.31. The van der Waals surface area contributed by atoms with E-state index < -0.39 is 0 Å². The van der Waals surface area contributed by atoms with E-state index in [0.29, 0.717) is 18.1 Å². The van der Waals surface area contributed by atoms with Crippen molar-refractivity contribution in [1.29, 1.82) is 0 Å². The summed E-state index contributed by atoms with van der Waals surface area (Å²) in [7, 11) is 1.67. The highest BCUT2D eigenvalue weighted by Gasteiger charge is 2.34. The molecule has 6 nitrogen and oxygen atoms in total. The highest BCUT2D eigenvalue weighted by atomic mass is 35.5. The fourth-order valence-corrected chi connectivity index (χ4v) is 4.52. The second-order valence-corrected chi connectivity index (χ2v) is 8.37. The van der Waals surface area contributed by atoms with Crippen molar-refractivity contribution in [2.45, 2.75) is 24.9 Å². The average Bonchev–Trinajstić information content (AvgIpc) is 3.47. The molecule has 2 fully saturated rings. The third kappa shape index (κ3) is 4.78. The van der Waals surface area contributed by atoms with Gasteiger partial charge in [-0.3, -0.25) is 15.1 Å². The number of hydrazine groups is 1. The van der Waals surface area contributed by atoms with Gasteiger partial charge in [0.2, 0.25) is 5.91 Å². The van der Waals surface area contributed by atoms with E-state index in [0.717, 1.165) is 24.4 Å². The Morgan fingerprint density at radius 1 is 1.17 bits per heavy atom. The Morgan fingerprint density at radius 3 is 2.53 bits per heavy atom. The van der Waals surface area contributed by atoms with Crippen LogP contribution in [0.1, 0.15) is 36.1 Å². The third-order valence-electron chi connectivity index (χ3n) is 6.10. The smallest absolute Gasteiger partial charge is 0.226 e. The molecule has 2 aliphatic rings. The first kappa shape index (κ1) is 21.1. The molecule has 30 heavy (non-hydrogen) atoms. The molecule has 2 aromatic rings. The van der Waals surface area contributed by atoms with Crippen molar-refractivity contribution in [2.75, 3.05) is 33.3 Å². The quantitative estimate of drug-likeness (QED) is 0.632. The van der Waals surface area contributed by atoms with Gasteiger partial charge in [-0.15, -0.1) is 0 Å². The molecule has 3 unspecified atom stereocenters. The molecule has 0 saturated carbocycles. The van der Waals surface area contributed by atoms with Crippen LogP contribution in [0.15, 0.2) is 48.5 Å². The summed E-state index contributed by atoms with van der Waals surface area (Å²) in [6, 6.07) is 15.9. The van der Waals surface area contributed by atoms with Crippen molar-refractivity contribution in [2.24, 2.45) is 5.92 Å². The molecular formula is C23H29ClN4O2. The summed E-state index contributed by atoms with van der Waals surface area (Å²) in [5.74, 6) is 0.725. The molecule has 2 heterocycles. The van der Waals surface area contributed by atoms with Gasteiger partial charge in [0.1, 0.15) is 5.75 Å². The minimum atomic E-state index is -0.179. The van der Waals surface area contributed by atoms with Gasteiger partial charge in [0.25, 0.3) is 0 Å². The van der Waals surface area contributed by atoms with Gasteiger partial charge in [-0.25, -0.2) is 5.43 Å². The van der Waals surface area contributed by atoms with E-state index >= 15 is 0 Å². The number of likely N-dealkylation sites (tertiary alicyclic amines) is 1. The first-order valence-corrected chi connectivity index (χ1v) is 10.9. The molecule has 1 amide bonds. The van der Waals surface area contributed by atoms with Crippen LogP contribution in [0.25, 0.3) is 0 Å². The van der Waals surface area contributed by atoms with Crippen LogP contribution >= 0.6 is 11.6 Å². The largest absolute Gasteiger partial charge is 0.497 e. The first-order valence-electron chi connectivity index (χ1n) is 10.6. The normalized spacial score (nSPS) is 22.7. The number of hydrogen-bond donors (Lipinski definition) is 3. The van der Waals surface area contributed by atoms with E-state index in [1.54, 1.807) is 7.11 Å². The van der Waals surface area contributed by atoms with Gasteiger partial charge in [0.05, 0.1) is 25.1 Å². The van der Waals surface area contributed by atoms with E-state index in [4.69, 9.17) is 16.3 Å². The molecule has 2 saturated heterocycles. The van der Waals surface area contributed by atoms with Crippen LogP contribution in [0.5, 0.6) is 5.75 Å². The maximum atomic E-state index is 13.1. The topological polar surface area (TPSA) is 65.6 Å². The highest BCUT2D eigenvalue weighted by molar-refractivity contribution is 6.30. The Bertz CT molecular complexity index is 837. The lowest BCUT2D eigenvalue weighted by molar-refractivity contribution is -0.125. The van der Waals surface area contributed by atoms with Crippen LogP contribution in [-0.2, 0) is 4.79 Å². The highest BCUT2D eigenvalue weighted by Crippen LogP contribution is 2.28. The minimum Gasteiger partial charge on any atom is -0.497 e. The number of nitrogens with zero attached hydrogens (tertiary/aromatic N) is 1. The van der Waals surface area contributed by atoms with Crippen LogP contribution in [-0.4, -0.2) is 44.1 Å². The number of rotatable bonds is 7. The second kappa shape index (κ2) is 9.79. The molecule has 2 aromatic carbocycles. The summed E-state index contributed by atoms with van der Waals surface area (Å²) >= 11 is 6.01. The molecule has 0 aliphatic carbocycles. The molecule has 160 valence electrons. The minimum absolute atomic E-state index is 0.0603. The molecule has 2 aliphatic heterocycles. The van der Waals surface area contributed by atoms with E-state index in [-0.39, 0.29) is 23.9 Å². The standard InChI is InChI=1S/C23H29ClN4O2/c1-30-19-10-6-16(7-11-19)21(28-12-2-3-13-28)15-25-23(29)20-14-26-27-22(20)17-4-8-18(24)9-5-17/h4-11,20-22,26-27H,2-3,12-15H2,1H3,(H,25,29). The monoisotopic (exact) mass is 428 g/mol. The molecule has 0 aromatic heterocycles. The number of amides is 1. The number of halogens is 1. The Balaban J connectivity index is 1.44. The number of carbonyl (C=O) groups is 1. The van der Waals surface area contributed by atoms with E-state index in [1.165, 1.54) is 18.4 Å². The maximum absolute atomic E-state index is 13.1. The summed E-state index contributed by atoms with van der Waals surface area (Å²) in [4.78, 5) is 15.6. The van der Waals surface area contributed by atoms with Crippen molar-refractivity contribution in [3.8, 4) is 5.75 Å². The van der Waals surface area contributed by atoms with Crippen LogP contribution < -0.4 is 20.9 Å². The maximum Gasteiger partial charge on any atom is 0.226 e. The summed E-state index contributed by atoms with van der Waals surface area (Å²) in [5.41, 5.74) is 8.62. The zero-order valence-electron chi connectivity index (χ0n) is 17.2. The second-order valence-electron chi connectivity index (χ2n) is 7.94. The zero-order chi connectivity index (χ0) is 20.9. The molecule has 0 bridgehead atoms. The van der Waals surface area contributed by atoms with Gasteiger partial charge in [-0.1, -0.05) is 35.9 Å². The molecule has 7 heteroatoms. The van der Waals surface area contributed by atoms with Crippen molar-refractivity contribution in [1.82, 2.24) is 21.1 Å². The summed E-state index contributed by atoms with van der Waals surface area (Å²) < 4.78 is 5.30. The van der Waals surface area contributed by atoms with Crippen molar-refractivity contribution in [3.05, 3.63) is 64.7 Å².